The first-order valence-corrected chi connectivity index (χ1v) is 28.1. The van der Waals surface area contributed by atoms with Crippen LogP contribution in [0.4, 0.5) is 0 Å². The van der Waals surface area contributed by atoms with Gasteiger partial charge in [-0.2, -0.15) is 0 Å². The molecule has 0 radical (unpaired) electrons. The summed E-state index contributed by atoms with van der Waals surface area (Å²) in [7, 11) is 0. The monoisotopic (exact) mass is 888 g/mol. The Kier molecular flexibility index (Phi) is 51.6. The largest absolute Gasteiger partial charge is 0.466 e. The summed E-state index contributed by atoms with van der Waals surface area (Å²) in [6, 6.07) is -0.627. The average molecular weight is 889 g/mol. The third-order valence-corrected chi connectivity index (χ3v) is 13.0. The lowest BCUT2D eigenvalue weighted by atomic mass is 10.0. The lowest BCUT2D eigenvalue weighted by Crippen LogP contribution is -2.45. The lowest BCUT2D eigenvalue weighted by molar-refractivity contribution is -0.143. The number of carbonyl (C=O) groups excluding carboxylic acids is 2. The van der Waals surface area contributed by atoms with Crippen LogP contribution in [0.1, 0.15) is 303 Å². The van der Waals surface area contributed by atoms with E-state index in [9.17, 15) is 19.8 Å². The molecule has 0 aliphatic carbocycles. The fraction of sp³-hybridized carbons (Fsp3) is 0.895. The molecule has 2 unspecified atom stereocenters. The highest BCUT2D eigenvalue weighted by Crippen LogP contribution is 2.17. The van der Waals surface area contributed by atoms with E-state index in [0.29, 0.717) is 19.4 Å². The second-order valence-electron chi connectivity index (χ2n) is 19.3. The molecule has 0 saturated carbocycles. The first kappa shape index (κ1) is 61.3. The van der Waals surface area contributed by atoms with E-state index in [0.717, 1.165) is 44.9 Å². The normalized spacial score (nSPS) is 12.8. The van der Waals surface area contributed by atoms with Crippen molar-refractivity contribution in [2.45, 2.75) is 315 Å². The van der Waals surface area contributed by atoms with Crippen LogP contribution in [0.3, 0.4) is 0 Å². The molecule has 2 atom stereocenters. The second-order valence-corrected chi connectivity index (χ2v) is 19.3. The minimum Gasteiger partial charge on any atom is -0.466 e. The van der Waals surface area contributed by atoms with E-state index >= 15 is 0 Å². The maximum Gasteiger partial charge on any atom is 0.305 e. The van der Waals surface area contributed by atoms with Crippen LogP contribution in [0.15, 0.2) is 24.3 Å². The third-order valence-electron chi connectivity index (χ3n) is 13.0. The predicted molar refractivity (Wildman–Crippen MR) is 273 cm³/mol. The molecule has 0 saturated heterocycles. The highest BCUT2D eigenvalue weighted by Gasteiger charge is 2.18. The molecular formula is C57H109NO5. The van der Waals surface area contributed by atoms with Crippen LogP contribution in [0, 0.1) is 0 Å². The SMILES string of the molecule is CCCCCCCC/C=C\CCCCCCCC(=O)OCCCCCCCCCCCCCCCCCCCCCCC(=O)NC(CO)C(O)/C=C/CCCCCCCCCCC. The fourth-order valence-electron chi connectivity index (χ4n) is 8.63. The van der Waals surface area contributed by atoms with Crippen LogP contribution >= 0.6 is 0 Å². The number of carbonyl (C=O) groups is 2. The second kappa shape index (κ2) is 53.0. The van der Waals surface area contributed by atoms with Crippen molar-refractivity contribution in [1.29, 1.82) is 0 Å². The van der Waals surface area contributed by atoms with E-state index in [-0.39, 0.29) is 18.5 Å². The molecule has 0 fully saturated rings. The minimum atomic E-state index is -0.844. The number of allylic oxidation sites excluding steroid dienone is 3. The highest BCUT2D eigenvalue weighted by molar-refractivity contribution is 5.76. The van der Waals surface area contributed by atoms with Crippen molar-refractivity contribution >= 4 is 11.9 Å². The molecule has 0 rings (SSSR count). The Morgan fingerprint density at radius 3 is 1.13 bits per heavy atom. The van der Waals surface area contributed by atoms with Gasteiger partial charge in [-0.3, -0.25) is 9.59 Å². The van der Waals surface area contributed by atoms with Gasteiger partial charge in [0, 0.05) is 12.8 Å². The van der Waals surface area contributed by atoms with Crippen LogP contribution < -0.4 is 5.32 Å². The summed E-state index contributed by atoms with van der Waals surface area (Å²) in [5.74, 6) is -0.0690. The van der Waals surface area contributed by atoms with Gasteiger partial charge >= 0.3 is 5.97 Å². The molecule has 6 nitrogen and oxygen atoms in total. The molecule has 0 spiro atoms. The summed E-state index contributed by atoms with van der Waals surface area (Å²) in [4.78, 5) is 24.4. The number of hydrogen-bond acceptors (Lipinski definition) is 5. The Bertz CT molecular complexity index is 982. The Morgan fingerprint density at radius 2 is 0.746 bits per heavy atom. The molecule has 0 aromatic rings. The van der Waals surface area contributed by atoms with E-state index < -0.39 is 12.1 Å². The predicted octanol–water partition coefficient (Wildman–Crippen LogP) is 17.1. The maximum atomic E-state index is 12.4. The number of ether oxygens (including phenoxy) is 1. The summed E-state index contributed by atoms with van der Waals surface area (Å²) < 4.78 is 5.47. The van der Waals surface area contributed by atoms with Crippen molar-refractivity contribution < 1.29 is 24.5 Å². The van der Waals surface area contributed by atoms with E-state index in [2.05, 4.69) is 31.3 Å². The van der Waals surface area contributed by atoms with Crippen LogP contribution in [0.25, 0.3) is 0 Å². The molecule has 0 aliphatic heterocycles. The van der Waals surface area contributed by atoms with Crippen LogP contribution in [-0.4, -0.2) is 47.4 Å². The first-order valence-electron chi connectivity index (χ1n) is 28.1. The zero-order valence-corrected chi connectivity index (χ0v) is 42.3. The Balaban J connectivity index is 3.39. The molecule has 0 aromatic carbocycles. The standard InChI is InChI=1S/C57H109NO5/c1-3-5-7-9-11-13-15-16-23-27-31-35-39-43-47-51-57(62)63-52-48-44-40-36-32-28-25-22-20-18-17-19-21-24-26-30-34-38-42-46-50-56(61)58-54(53-59)55(60)49-45-41-37-33-29-14-12-10-8-6-4-2/h16,23,45,49,54-55,59-60H,3-15,17-22,24-44,46-48,50-53H2,1-2H3,(H,58,61)/b23-16-,49-45+. The summed E-state index contributed by atoms with van der Waals surface area (Å²) in [6.45, 7) is 4.88. The van der Waals surface area contributed by atoms with Gasteiger partial charge in [0.05, 0.1) is 25.4 Å². The Hall–Kier alpha value is -1.66. The highest BCUT2D eigenvalue weighted by atomic mass is 16.5. The van der Waals surface area contributed by atoms with Crippen molar-refractivity contribution in [3.8, 4) is 0 Å². The molecule has 3 N–H and O–H groups in total. The van der Waals surface area contributed by atoms with Crippen LogP contribution in [0.5, 0.6) is 0 Å². The molecule has 1 amide bonds. The average Bonchev–Trinajstić information content (AvgIpc) is 3.28. The fourth-order valence-corrected chi connectivity index (χ4v) is 8.63. The van der Waals surface area contributed by atoms with E-state index in [1.54, 1.807) is 6.08 Å². The molecule has 6 heteroatoms. The number of unbranched alkanes of at least 4 members (excludes halogenated alkanes) is 39. The third kappa shape index (κ3) is 49.6. The maximum absolute atomic E-state index is 12.4. The zero-order chi connectivity index (χ0) is 45.8. The molecule has 63 heavy (non-hydrogen) atoms. The number of nitrogens with one attached hydrogen (secondary N) is 1. The smallest absolute Gasteiger partial charge is 0.305 e. The minimum absolute atomic E-state index is 0.00184. The van der Waals surface area contributed by atoms with Gasteiger partial charge in [-0.25, -0.2) is 0 Å². The van der Waals surface area contributed by atoms with Gasteiger partial charge in [0.25, 0.3) is 0 Å². The van der Waals surface area contributed by atoms with Crippen LogP contribution in [0.2, 0.25) is 0 Å². The van der Waals surface area contributed by atoms with Gasteiger partial charge in [0.15, 0.2) is 0 Å². The number of amides is 1. The van der Waals surface area contributed by atoms with Gasteiger partial charge in [-0.15, -0.1) is 0 Å². The van der Waals surface area contributed by atoms with Gasteiger partial charge in [0.2, 0.25) is 5.91 Å². The first-order chi connectivity index (χ1) is 31.0. The quantitative estimate of drug-likeness (QED) is 0.0321. The van der Waals surface area contributed by atoms with Gasteiger partial charge in [0.1, 0.15) is 0 Å². The van der Waals surface area contributed by atoms with Gasteiger partial charge < -0.3 is 20.3 Å². The van der Waals surface area contributed by atoms with E-state index in [1.807, 2.05) is 6.08 Å². The number of aliphatic hydroxyl groups excluding tert-OH is 2. The topological polar surface area (TPSA) is 95.9 Å². The van der Waals surface area contributed by atoms with Crippen molar-refractivity contribution in [2.24, 2.45) is 0 Å². The molecule has 0 bridgehead atoms. The summed E-state index contributed by atoms with van der Waals surface area (Å²) in [5, 5.41) is 23.0. The Labute approximate surface area is 392 Å². The van der Waals surface area contributed by atoms with Crippen molar-refractivity contribution in [3.63, 3.8) is 0 Å². The number of rotatable bonds is 52. The van der Waals surface area contributed by atoms with Crippen molar-refractivity contribution in [2.75, 3.05) is 13.2 Å². The van der Waals surface area contributed by atoms with E-state index in [4.69, 9.17) is 4.74 Å². The van der Waals surface area contributed by atoms with Gasteiger partial charge in [-0.1, -0.05) is 256 Å². The number of esters is 1. The molecular weight excluding hydrogens is 779 g/mol. The Morgan fingerprint density at radius 1 is 0.429 bits per heavy atom. The van der Waals surface area contributed by atoms with Crippen molar-refractivity contribution in [3.05, 3.63) is 24.3 Å². The van der Waals surface area contributed by atoms with Crippen molar-refractivity contribution in [1.82, 2.24) is 5.32 Å². The molecule has 0 heterocycles. The van der Waals surface area contributed by atoms with Gasteiger partial charge in [-0.05, 0) is 57.8 Å². The molecule has 0 aromatic heterocycles. The number of aliphatic hydroxyl groups is 2. The summed E-state index contributed by atoms with van der Waals surface area (Å²) in [6.07, 6.45) is 63.4. The zero-order valence-electron chi connectivity index (χ0n) is 42.3. The lowest BCUT2D eigenvalue weighted by Gasteiger charge is -2.20. The van der Waals surface area contributed by atoms with E-state index in [1.165, 1.54) is 231 Å². The summed E-state index contributed by atoms with van der Waals surface area (Å²) in [5.41, 5.74) is 0. The molecule has 0 aliphatic rings. The summed E-state index contributed by atoms with van der Waals surface area (Å²) >= 11 is 0. The van der Waals surface area contributed by atoms with Crippen LogP contribution in [-0.2, 0) is 14.3 Å². The molecule has 372 valence electrons. The number of hydrogen-bond donors (Lipinski definition) is 3.